The Morgan fingerprint density at radius 3 is 2.40 bits per heavy atom. The molecule has 0 aromatic heterocycles. The van der Waals surface area contributed by atoms with Gasteiger partial charge in [-0.2, -0.15) is 0 Å². The molecule has 2 nitrogen and oxygen atoms in total. The van der Waals surface area contributed by atoms with Gasteiger partial charge in [0.2, 0.25) is 5.91 Å². The number of rotatable bonds is 2. The van der Waals surface area contributed by atoms with E-state index < -0.39 is 5.91 Å². The van der Waals surface area contributed by atoms with Crippen molar-refractivity contribution < 1.29 is 9.18 Å². The predicted octanol–water partition coefficient (Wildman–Crippen LogP) is 2.87. The van der Waals surface area contributed by atoms with E-state index in [0.717, 1.165) is 5.57 Å². The van der Waals surface area contributed by atoms with E-state index in [-0.39, 0.29) is 5.82 Å². The molecule has 0 fully saturated rings. The fourth-order valence-electron chi connectivity index (χ4n) is 1.33. The van der Waals surface area contributed by atoms with E-state index in [9.17, 15) is 9.18 Å². The summed E-state index contributed by atoms with van der Waals surface area (Å²) in [4.78, 5) is 11.2. The molecule has 1 amide bonds. The van der Waals surface area contributed by atoms with Crippen molar-refractivity contribution in [3.8, 4) is 0 Å². The zero-order valence-electron chi connectivity index (χ0n) is 8.47. The molecular weight excluding hydrogens is 261 g/mol. The van der Waals surface area contributed by atoms with Crippen LogP contribution in [-0.2, 0) is 4.79 Å². The number of allylic oxidation sites excluding steroid dienone is 1. The zero-order chi connectivity index (χ0) is 11.6. The van der Waals surface area contributed by atoms with Gasteiger partial charge < -0.3 is 5.73 Å². The minimum absolute atomic E-state index is 0.319. The second kappa shape index (κ2) is 4.57. The average Bonchev–Trinajstić information content (AvgIpc) is 2.10. The molecule has 0 spiro atoms. The van der Waals surface area contributed by atoms with Crippen molar-refractivity contribution in [1.29, 1.82) is 0 Å². The molecule has 0 saturated heterocycles. The lowest BCUT2D eigenvalue weighted by molar-refractivity contribution is -0.112. The summed E-state index contributed by atoms with van der Waals surface area (Å²) in [5.41, 5.74) is 7.11. The molecule has 4 heteroatoms. The van der Waals surface area contributed by atoms with E-state index in [1.165, 1.54) is 12.1 Å². The molecule has 80 valence electrons. The lowest BCUT2D eigenvalue weighted by atomic mass is 10.0. The predicted molar refractivity (Wildman–Crippen MR) is 61.6 cm³/mol. The van der Waals surface area contributed by atoms with Gasteiger partial charge in [0.05, 0.1) is 4.47 Å². The number of nitrogens with two attached hydrogens (primary N) is 1. The van der Waals surface area contributed by atoms with Crippen molar-refractivity contribution in [3.05, 3.63) is 39.6 Å². The SMILES string of the molecule is CC(C)=C(C(N)=O)c1ccc(F)c(Br)c1. The Labute approximate surface area is 96.1 Å². The summed E-state index contributed by atoms with van der Waals surface area (Å²) in [6.07, 6.45) is 0. The lowest BCUT2D eigenvalue weighted by Gasteiger charge is -2.07. The third-order valence-electron chi connectivity index (χ3n) is 1.95. The van der Waals surface area contributed by atoms with Gasteiger partial charge in [0, 0.05) is 5.57 Å². The molecule has 2 N–H and O–H groups in total. The topological polar surface area (TPSA) is 43.1 Å². The van der Waals surface area contributed by atoms with Crippen LogP contribution in [0.25, 0.3) is 5.57 Å². The highest BCUT2D eigenvalue weighted by molar-refractivity contribution is 9.10. The first-order valence-electron chi connectivity index (χ1n) is 4.36. The maximum atomic E-state index is 13.0. The van der Waals surface area contributed by atoms with Crippen LogP contribution in [0, 0.1) is 5.82 Å². The zero-order valence-corrected chi connectivity index (χ0v) is 10.1. The Bertz CT molecular complexity index is 436. The summed E-state index contributed by atoms with van der Waals surface area (Å²) < 4.78 is 13.3. The molecule has 0 heterocycles. The van der Waals surface area contributed by atoms with E-state index in [4.69, 9.17) is 5.73 Å². The number of primary amides is 1. The van der Waals surface area contributed by atoms with Crippen molar-refractivity contribution in [3.63, 3.8) is 0 Å². The molecule has 0 aliphatic rings. The van der Waals surface area contributed by atoms with Crippen LogP contribution in [-0.4, -0.2) is 5.91 Å². The van der Waals surface area contributed by atoms with Crippen LogP contribution in [0.4, 0.5) is 4.39 Å². The number of benzene rings is 1. The molecule has 1 aromatic carbocycles. The van der Waals surface area contributed by atoms with Crippen LogP contribution in [0.5, 0.6) is 0 Å². The molecule has 0 bridgehead atoms. The Morgan fingerprint density at radius 1 is 1.40 bits per heavy atom. The Hall–Kier alpha value is -1.16. The third-order valence-corrected chi connectivity index (χ3v) is 2.56. The van der Waals surface area contributed by atoms with Crippen LogP contribution in [0.2, 0.25) is 0 Å². The Kier molecular flexibility index (Phi) is 3.63. The number of hydrogen-bond donors (Lipinski definition) is 1. The highest BCUT2D eigenvalue weighted by atomic mass is 79.9. The standard InChI is InChI=1S/C11H11BrFNO/c1-6(2)10(11(14)15)7-3-4-9(13)8(12)5-7/h3-5H,1-2H3,(H2,14,15). The van der Waals surface area contributed by atoms with E-state index in [2.05, 4.69) is 15.9 Å². The van der Waals surface area contributed by atoms with E-state index in [1.54, 1.807) is 19.9 Å². The summed E-state index contributed by atoms with van der Waals surface area (Å²) in [6, 6.07) is 4.38. The minimum atomic E-state index is -0.506. The molecule has 0 aliphatic carbocycles. The highest BCUT2D eigenvalue weighted by Gasteiger charge is 2.11. The molecule has 0 atom stereocenters. The van der Waals surface area contributed by atoms with Gasteiger partial charge in [-0.05, 0) is 47.5 Å². The summed E-state index contributed by atoms with van der Waals surface area (Å²) in [7, 11) is 0. The second-order valence-corrected chi connectivity index (χ2v) is 4.22. The van der Waals surface area contributed by atoms with Crippen LogP contribution >= 0.6 is 15.9 Å². The summed E-state index contributed by atoms with van der Waals surface area (Å²) in [5.74, 6) is -0.871. The number of halogens is 2. The van der Waals surface area contributed by atoms with Gasteiger partial charge >= 0.3 is 0 Å². The molecule has 0 saturated carbocycles. The first kappa shape index (κ1) is 11.9. The molecule has 0 radical (unpaired) electrons. The number of hydrogen-bond acceptors (Lipinski definition) is 1. The minimum Gasteiger partial charge on any atom is -0.366 e. The van der Waals surface area contributed by atoms with E-state index in [1.807, 2.05) is 0 Å². The quantitative estimate of drug-likeness (QED) is 0.826. The van der Waals surface area contributed by atoms with Crippen molar-refractivity contribution >= 4 is 27.4 Å². The summed E-state index contributed by atoms with van der Waals surface area (Å²) in [6.45, 7) is 3.58. The van der Waals surface area contributed by atoms with Crippen molar-refractivity contribution in [2.75, 3.05) is 0 Å². The monoisotopic (exact) mass is 271 g/mol. The fraction of sp³-hybridized carbons (Fsp3) is 0.182. The van der Waals surface area contributed by atoms with Crippen LogP contribution in [0.3, 0.4) is 0 Å². The average molecular weight is 272 g/mol. The van der Waals surface area contributed by atoms with Crippen molar-refractivity contribution in [2.45, 2.75) is 13.8 Å². The highest BCUT2D eigenvalue weighted by Crippen LogP contribution is 2.23. The normalized spacial score (nSPS) is 9.87. The second-order valence-electron chi connectivity index (χ2n) is 3.37. The fourth-order valence-corrected chi connectivity index (χ4v) is 1.71. The maximum Gasteiger partial charge on any atom is 0.249 e. The maximum absolute atomic E-state index is 13.0. The molecule has 0 unspecified atom stereocenters. The number of carbonyl (C=O) groups is 1. The van der Waals surface area contributed by atoms with Gasteiger partial charge in [-0.1, -0.05) is 11.6 Å². The smallest absolute Gasteiger partial charge is 0.249 e. The molecule has 1 aromatic rings. The van der Waals surface area contributed by atoms with Gasteiger partial charge in [0.25, 0.3) is 0 Å². The van der Waals surface area contributed by atoms with Crippen LogP contribution < -0.4 is 5.73 Å². The van der Waals surface area contributed by atoms with E-state index in [0.29, 0.717) is 15.6 Å². The van der Waals surface area contributed by atoms with Gasteiger partial charge in [0.1, 0.15) is 5.82 Å². The van der Waals surface area contributed by atoms with Gasteiger partial charge in [-0.15, -0.1) is 0 Å². The lowest BCUT2D eigenvalue weighted by Crippen LogP contribution is -2.14. The first-order valence-corrected chi connectivity index (χ1v) is 5.15. The Morgan fingerprint density at radius 2 is 2.00 bits per heavy atom. The van der Waals surface area contributed by atoms with Gasteiger partial charge in [0.15, 0.2) is 0 Å². The van der Waals surface area contributed by atoms with Crippen molar-refractivity contribution in [1.82, 2.24) is 0 Å². The van der Waals surface area contributed by atoms with Crippen LogP contribution in [0.1, 0.15) is 19.4 Å². The molecule has 15 heavy (non-hydrogen) atoms. The Balaban J connectivity index is 3.32. The number of amides is 1. The molecule has 0 aliphatic heterocycles. The van der Waals surface area contributed by atoms with Crippen molar-refractivity contribution in [2.24, 2.45) is 5.73 Å². The molecule has 1 rings (SSSR count). The largest absolute Gasteiger partial charge is 0.366 e. The van der Waals surface area contributed by atoms with E-state index >= 15 is 0 Å². The number of carbonyl (C=O) groups excluding carboxylic acids is 1. The summed E-state index contributed by atoms with van der Waals surface area (Å²) >= 11 is 3.06. The first-order chi connectivity index (χ1) is 6.93. The van der Waals surface area contributed by atoms with Gasteiger partial charge in [-0.25, -0.2) is 4.39 Å². The third kappa shape index (κ3) is 2.65. The van der Waals surface area contributed by atoms with Crippen LogP contribution in [0.15, 0.2) is 28.2 Å². The molecular formula is C11H11BrFNO. The van der Waals surface area contributed by atoms with Gasteiger partial charge in [-0.3, -0.25) is 4.79 Å². The summed E-state index contributed by atoms with van der Waals surface area (Å²) in [5, 5.41) is 0.